The molecule has 1 aromatic heterocycles. The van der Waals surface area contributed by atoms with Crippen molar-refractivity contribution in [3.63, 3.8) is 0 Å². The number of amides is 1. The average molecular weight is 390 g/mol. The van der Waals surface area contributed by atoms with E-state index in [9.17, 15) is 4.79 Å². The Morgan fingerprint density at radius 2 is 1.97 bits per heavy atom. The fourth-order valence-corrected chi connectivity index (χ4v) is 3.71. The van der Waals surface area contributed by atoms with Gasteiger partial charge >= 0.3 is 0 Å². The number of rotatable bonds is 6. The molecule has 2 heterocycles. The average Bonchev–Trinajstić information content (AvgIpc) is 3.33. The Morgan fingerprint density at radius 1 is 1.17 bits per heavy atom. The third-order valence-corrected chi connectivity index (χ3v) is 5.40. The van der Waals surface area contributed by atoms with E-state index in [0.29, 0.717) is 24.7 Å². The molecule has 2 aromatic carbocycles. The molecule has 0 radical (unpaired) electrons. The Hall–Kier alpha value is -3.15. The molecule has 1 unspecified atom stereocenters. The number of carbonyl (C=O) groups is 1. The molecule has 1 aliphatic heterocycles. The van der Waals surface area contributed by atoms with Gasteiger partial charge in [-0.25, -0.2) is 0 Å². The van der Waals surface area contributed by atoms with E-state index in [1.54, 1.807) is 0 Å². The second-order valence-corrected chi connectivity index (χ2v) is 7.88. The predicted octanol–water partition coefficient (Wildman–Crippen LogP) is 3.67. The van der Waals surface area contributed by atoms with Gasteiger partial charge in [-0.1, -0.05) is 35.0 Å². The van der Waals surface area contributed by atoms with E-state index < -0.39 is 0 Å². The summed E-state index contributed by atoms with van der Waals surface area (Å²) in [7, 11) is 4.00. The summed E-state index contributed by atoms with van der Waals surface area (Å²) >= 11 is 0. The van der Waals surface area contributed by atoms with Crippen LogP contribution in [0.15, 0.2) is 53.1 Å². The number of nitrogens with zero attached hydrogens (tertiary/aromatic N) is 4. The highest BCUT2D eigenvalue weighted by Gasteiger charge is 2.33. The van der Waals surface area contributed by atoms with E-state index in [1.807, 2.05) is 48.2 Å². The van der Waals surface area contributed by atoms with Crippen molar-refractivity contribution in [2.75, 3.05) is 32.1 Å². The normalized spacial score (nSPS) is 16.4. The van der Waals surface area contributed by atoms with Crippen LogP contribution in [0.5, 0.6) is 0 Å². The summed E-state index contributed by atoms with van der Waals surface area (Å²) in [5.41, 5.74) is 4.49. The Balaban J connectivity index is 1.40. The highest BCUT2D eigenvalue weighted by atomic mass is 16.5. The summed E-state index contributed by atoms with van der Waals surface area (Å²) in [5, 5.41) is 4.16. The third kappa shape index (κ3) is 4.31. The lowest BCUT2D eigenvalue weighted by Crippen LogP contribution is -2.27. The molecule has 1 saturated heterocycles. The molecule has 6 heteroatoms. The summed E-state index contributed by atoms with van der Waals surface area (Å²) in [6.07, 6.45) is 1.29. The molecule has 3 aromatic rings. The van der Waals surface area contributed by atoms with Crippen LogP contribution in [0.4, 0.5) is 5.69 Å². The first kappa shape index (κ1) is 19.2. The largest absolute Gasteiger partial charge is 0.378 e. The number of carbonyl (C=O) groups excluding carboxylic acids is 1. The van der Waals surface area contributed by atoms with Crippen LogP contribution in [-0.2, 0) is 11.2 Å². The zero-order valence-electron chi connectivity index (χ0n) is 17.1. The second kappa shape index (κ2) is 8.07. The van der Waals surface area contributed by atoms with Crippen molar-refractivity contribution in [2.24, 2.45) is 0 Å². The number of aryl methyl sites for hydroxylation is 1. The number of hydrogen-bond donors (Lipinski definition) is 0. The molecule has 1 aliphatic rings. The molecule has 4 rings (SSSR count). The molecule has 1 amide bonds. The minimum absolute atomic E-state index is 0.0152. The Bertz CT molecular complexity index is 994. The molecule has 0 saturated carbocycles. The van der Waals surface area contributed by atoms with Gasteiger partial charge in [0.1, 0.15) is 0 Å². The molecule has 1 atom stereocenters. The van der Waals surface area contributed by atoms with Gasteiger partial charge < -0.3 is 14.3 Å². The van der Waals surface area contributed by atoms with Crippen molar-refractivity contribution in [3.05, 3.63) is 65.5 Å². The third-order valence-electron chi connectivity index (χ3n) is 5.40. The van der Waals surface area contributed by atoms with Crippen molar-refractivity contribution in [2.45, 2.75) is 25.7 Å². The molecule has 29 heavy (non-hydrogen) atoms. The summed E-state index contributed by atoms with van der Waals surface area (Å²) < 4.78 is 5.47. The van der Waals surface area contributed by atoms with Crippen LogP contribution >= 0.6 is 0 Å². The van der Waals surface area contributed by atoms with Gasteiger partial charge in [-0.2, -0.15) is 4.98 Å². The molecule has 150 valence electrons. The molecule has 6 nitrogen and oxygen atoms in total. The first-order valence-corrected chi connectivity index (χ1v) is 9.94. The number of anilines is 1. The number of benzene rings is 2. The smallest absolute Gasteiger partial charge is 0.257 e. The van der Waals surface area contributed by atoms with E-state index in [-0.39, 0.29) is 11.8 Å². The SMILES string of the molecule is Cc1cccc(CCN2CC(c3noc(-c4ccc(N(C)C)cc4)n3)CC2=O)c1. The van der Waals surface area contributed by atoms with Crippen LogP contribution in [0.2, 0.25) is 0 Å². The summed E-state index contributed by atoms with van der Waals surface area (Å²) in [4.78, 5) is 21.0. The van der Waals surface area contributed by atoms with Crippen molar-refractivity contribution in [3.8, 4) is 11.5 Å². The minimum atomic E-state index is -0.0152. The monoisotopic (exact) mass is 390 g/mol. The number of aromatic nitrogens is 2. The molecular weight excluding hydrogens is 364 g/mol. The highest BCUT2D eigenvalue weighted by molar-refractivity contribution is 5.79. The van der Waals surface area contributed by atoms with E-state index >= 15 is 0 Å². The topological polar surface area (TPSA) is 62.5 Å². The Morgan fingerprint density at radius 3 is 2.69 bits per heavy atom. The minimum Gasteiger partial charge on any atom is -0.378 e. The fourth-order valence-electron chi connectivity index (χ4n) is 3.71. The van der Waals surface area contributed by atoms with Gasteiger partial charge in [0.2, 0.25) is 5.91 Å². The summed E-state index contributed by atoms with van der Waals surface area (Å²) in [5.74, 6) is 1.25. The van der Waals surface area contributed by atoms with E-state index in [1.165, 1.54) is 11.1 Å². The quantitative estimate of drug-likeness (QED) is 0.643. The van der Waals surface area contributed by atoms with E-state index in [2.05, 4.69) is 41.3 Å². The molecule has 0 bridgehead atoms. The first-order valence-electron chi connectivity index (χ1n) is 9.94. The summed E-state index contributed by atoms with van der Waals surface area (Å²) in [6, 6.07) is 16.4. The van der Waals surface area contributed by atoms with Gasteiger partial charge in [0, 0.05) is 50.8 Å². The first-order chi connectivity index (χ1) is 14.0. The zero-order chi connectivity index (χ0) is 20.4. The van der Waals surface area contributed by atoms with E-state index in [0.717, 1.165) is 24.2 Å². The van der Waals surface area contributed by atoms with Crippen LogP contribution in [0.1, 0.15) is 29.3 Å². The van der Waals surface area contributed by atoms with Crippen LogP contribution < -0.4 is 4.90 Å². The molecule has 1 fully saturated rings. The molecule has 0 spiro atoms. The molecule has 0 aliphatic carbocycles. The highest BCUT2D eigenvalue weighted by Crippen LogP contribution is 2.29. The standard InChI is InChI=1S/C23H26N4O2/c1-16-5-4-6-17(13-16)11-12-27-15-19(14-21(27)28)22-24-23(29-25-22)18-7-9-20(10-8-18)26(2)3/h4-10,13,19H,11-12,14-15H2,1-3H3. The maximum Gasteiger partial charge on any atom is 0.257 e. The van der Waals surface area contributed by atoms with Gasteiger partial charge in [0.25, 0.3) is 5.89 Å². The van der Waals surface area contributed by atoms with Gasteiger partial charge in [0.05, 0.1) is 0 Å². The van der Waals surface area contributed by atoms with Gasteiger partial charge in [-0.15, -0.1) is 0 Å². The molecule has 0 N–H and O–H groups in total. The van der Waals surface area contributed by atoms with Crippen molar-refractivity contribution < 1.29 is 9.32 Å². The van der Waals surface area contributed by atoms with Crippen LogP contribution in [0, 0.1) is 6.92 Å². The van der Waals surface area contributed by atoms with Gasteiger partial charge in [-0.3, -0.25) is 4.79 Å². The number of hydrogen-bond acceptors (Lipinski definition) is 5. The zero-order valence-corrected chi connectivity index (χ0v) is 17.1. The maximum atomic E-state index is 12.5. The summed E-state index contributed by atoms with van der Waals surface area (Å²) in [6.45, 7) is 3.45. The lowest BCUT2D eigenvalue weighted by Gasteiger charge is -2.16. The second-order valence-electron chi connectivity index (χ2n) is 7.88. The maximum absolute atomic E-state index is 12.5. The van der Waals surface area contributed by atoms with Gasteiger partial charge in [-0.05, 0) is 43.2 Å². The van der Waals surface area contributed by atoms with Crippen LogP contribution in [0.3, 0.4) is 0 Å². The van der Waals surface area contributed by atoms with Crippen molar-refractivity contribution >= 4 is 11.6 Å². The van der Waals surface area contributed by atoms with Crippen LogP contribution in [-0.4, -0.2) is 48.1 Å². The number of likely N-dealkylation sites (tertiary alicyclic amines) is 1. The predicted molar refractivity (Wildman–Crippen MR) is 113 cm³/mol. The Kier molecular flexibility index (Phi) is 5.34. The lowest BCUT2D eigenvalue weighted by molar-refractivity contribution is -0.127. The Labute approximate surface area is 171 Å². The lowest BCUT2D eigenvalue weighted by atomic mass is 10.1. The van der Waals surface area contributed by atoms with Crippen molar-refractivity contribution in [1.29, 1.82) is 0 Å². The van der Waals surface area contributed by atoms with Crippen molar-refractivity contribution in [1.82, 2.24) is 15.0 Å². The van der Waals surface area contributed by atoms with Gasteiger partial charge in [0.15, 0.2) is 5.82 Å². The van der Waals surface area contributed by atoms with Crippen LogP contribution in [0.25, 0.3) is 11.5 Å². The van der Waals surface area contributed by atoms with E-state index in [4.69, 9.17) is 4.52 Å². The fraction of sp³-hybridized carbons (Fsp3) is 0.348. The molecular formula is C23H26N4O2.